The van der Waals surface area contributed by atoms with Crippen LogP contribution in [-0.4, -0.2) is 72.5 Å². The van der Waals surface area contributed by atoms with E-state index in [9.17, 15) is 26.4 Å². The number of halogens is 3. The fourth-order valence-corrected chi connectivity index (χ4v) is 5.76. The van der Waals surface area contributed by atoms with Crippen LogP contribution in [0.5, 0.6) is 5.75 Å². The van der Waals surface area contributed by atoms with Gasteiger partial charge < -0.3 is 4.74 Å². The van der Waals surface area contributed by atoms with E-state index in [4.69, 9.17) is 4.74 Å². The molecule has 224 valence electrons. The van der Waals surface area contributed by atoms with E-state index in [1.165, 1.54) is 29.5 Å². The first-order valence-corrected chi connectivity index (χ1v) is 15.8. The molecule has 0 spiro atoms. The standard InChI is InChI=1S/C30H33F3N4O4S/c1-42(39,40)15-14-35-10-12-36(13-11-35)20-22-2-3-24-17-27(7-4-23(24)16-22)37-9-8-28(18-29(37)38)41-21-26-6-5-25(19-34-26)30(31,32)33/h2-3,5-6,8-9,16-19H,4,7,10-15,20-21H2,1H3. The Morgan fingerprint density at radius 2 is 1.74 bits per heavy atom. The summed E-state index contributed by atoms with van der Waals surface area (Å²) in [5.74, 6) is 0.511. The lowest BCUT2D eigenvalue weighted by atomic mass is 9.93. The van der Waals surface area contributed by atoms with Crippen molar-refractivity contribution in [2.24, 2.45) is 0 Å². The van der Waals surface area contributed by atoms with Gasteiger partial charge in [-0.3, -0.25) is 24.1 Å². The summed E-state index contributed by atoms with van der Waals surface area (Å²) in [5.41, 5.74) is 3.66. The fraction of sp³-hybridized carbons (Fsp3) is 0.400. The van der Waals surface area contributed by atoms with Crippen LogP contribution in [0.15, 0.2) is 59.7 Å². The van der Waals surface area contributed by atoms with Gasteiger partial charge in [0.2, 0.25) is 0 Å². The van der Waals surface area contributed by atoms with Gasteiger partial charge in [0.1, 0.15) is 22.2 Å². The minimum atomic E-state index is -4.45. The van der Waals surface area contributed by atoms with Gasteiger partial charge in [-0.1, -0.05) is 18.2 Å². The van der Waals surface area contributed by atoms with E-state index in [0.717, 1.165) is 62.7 Å². The molecule has 0 radical (unpaired) electrons. The third-order valence-electron chi connectivity index (χ3n) is 7.57. The van der Waals surface area contributed by atoms with Gasteiger partial charge in [0.25, 0.3) is 5.56 Å². The van der Waals surface area contributed by atoms with Gasteiger partial charge in [-0.15, -0.1) is 0 Å². The number of hydrogen-bond acceptors (Lipinski definition) is 7. The molecule has 1 aromatic carbocycles. The van der Waals surface area contributed by atoms with E-state index < -0.39 is 21.6 Å². The van der Waals surface area contributed by atoms with Crippen molar-refractivity contribution in [1.82, 2.24) is 19.4 Å². The monoisotopic (exact) mass is 602 g/mol. The number of alkyl halides is 3. The third kappa shape index (κ3) is 7.87. The van der Waals surface area contributed by atoms with E-state index in [1.807, 2.05) is 6.08 Å². The molecule has 3 heterocycles. The molecule has 42 heavy (non-hydrogen) atoms. The molecule has 0 N–H and O–H groups in total. The number of benzene rings is 1. The number of fused-ring (bicyclic) bond motifs is 1. The number of allylic oxidation sites excluding steroid dienone is 1. The van der Waals surface area contributed by atoms with Gasteiger partial charge in [0.15, 0.2) is 0 Å². The molecular weight excluding hydrogens is 569 g/mol. The molecule has 5 rings (SSSR count). The summed E-state index contributed by atoms with van der Waals surface area (Å²) < 4.78 is 68.2. The predicted molar refractivity (Wildman–Crippen MR) is 155 cm³/mol. The molecule has 1 fully saturated rings. The molecule has 0 saturated carbocycles. The molecule has 1 aliphatic heterocycles. The summed E-state index contributed by atoms with van der Waals surface area (Å²) in [6, 6.07) is 11.7. The fourth-order valence-electron chi connectivity index (χ4n) is 5.17. The second kappa shape index (κ2) is 12.4. The lowest BCUT2D eigenvalue weighted by Crippen LogP contribution is -2.47. The second-order valence-corrected chi connectivity index (χ2v) is 13.1. The quantitative estimate of drug-likeness (QED) is 0.367. The maximum absolute atomic E-state index is 12.9. The molecular formula is C30H33F3N4O4S. The molecule has 2 aliphatic rings. The smallest absolute Gasteiger partial charge is 0.417 e. The van der Waals surface area contributed by atoms with Crippen LogP contribution in [0.25, 0.3) is 11.8 Å². The maximum atomic E-state index is 12.9. The van der Waals surface area contributed by atoms with Gasteiger partial charge in [-0.05, 0) is 53.8 Å². The van der Waals surface area contributed by atoms with Gasteiger partial charge in [-0.2, -0.15) is 13.2 Å². The molecule has 1 saturated heterocycles. The van der Waals surface area contributed by atoms with Crippen LogP contribution in [0, 0.1) is 0 Å². The highest BCUT2D eigenvalue weighted by Crippen LogP contribution is 2.29. The number of aryl methyl sites for hydroxylation is 1. The Kier molecular flexibility index (Phi) is 8.86. The number of piperazine rings is 1. The zero-order valence-corrected chi connectivity index (χ0v) is 24.1. The van der Waals surface area contributed by atoms with Crippen LogP contribution in [0.3, 0.4) is 0 Å². The zero-order valence-electron chi connectivity index (χ0n) is 23.3. The SMILES string of the molecule is CS(=O)(=O)CCN1CCN(Cc2ccc3c(c2)CCC(n2ccc(OCc4ccc(C(F)(F)F)cn4)cc2=O)=C3)CC1. The highest BCUT2D eigenvalue weighted by atomic mass is 32.2. The zero-order chi connectivity index (χ0) is 29.9. The summed E-state index contributed by atoms with van der Waals surface area (Å²) in [6.07, 6.45) is 2.77. The van der Waals surface area contributed by atoms with E-state index in [-0.39, 0.29) is 17.9 Å². The van der Waals surface area contributed by atoms with Crippen LogP contribution in [0.4, 0.5) is 13.2 Å². The van der Waals surface area contributed by atoms with Gasteiger partial charge in [0.05, 0.1) is 17.0 Å². The van der Waals surface area contributed by atoms with Gasteiger partial charge in [0, 0.05) is 69.7 Å². The number of rotatable bonds is 9. The molecule has 8 nitrogen and oxygen atoms in total. The van der Waals surface area contributed by atoms with Crippen molar-refractivity contribution in [3.05, 3.63) is 93.2 Å². The third-order valence-corrected chi connectivity index (χ3v) is 8.49. The van der Waals surface area contributed by atoms with Crippen LogP contribution in [0.2, 0.25) is 0 Å². The number of nitrogens with zero attached hydrogens (tertiary/aromatic N) is 4. The topological polar surface area (TPSA) is 84.7 Å². The number of hydrogen-bond donors (Lipinski definition) is 0. The molecule has 2 aromatic heterocycles. The Morgan fingerprint density at radius 3 is 2.40 bits per heavy atom. The highest BCUT2D eigenvalue weighted by Gasteiger charge is 2.30. The van der Waals surface area contributed by atoms with E-state index >= 15 is 0 Å². The number of sulfone groups is 1. The molecule has 12 heteroatoms. The maximum Gasteiger partial charge on any atom is 0.417 e. The summed E-state index contributed by atoms with van der Waals surface area (Å²) in [5, 5.41) is 0. The number of pyridine rings is 2. The van der Waals surface area contributed by atoms with Gasteiger partial charge in [-0.25, -0.2) is 8.42 Å². The van der Waals surface area contributed by atoms with Crippen molar-refractivity contribution in [2.75, 3.05) is 44.7 Å². The number of ether oxygens (including phenoxy) is 1. The van der Waals surface area contributed by atoms with E-state index in [2.05, 4.69) is 33.0 Å². The molecule has 0 unspecified atom stereocenters. The summed E-state index contributed by atoms with van der Waals surface area (Å²) in [4.78, 5) is 21.3. The number of aromatic nitrogens is 2. The van der Waals surface area contributed by atoms with E-state index in [0.29, 0.717) is 24.4 Å². The molecule has 3 aromatic rings. The lowest BCUT2D eigenvalue weighted by molar-refractivity contribution is -0.137. The Bertz CT molecular complexity index is 1610. The van der Waals surface area contributed by atoms with E-state index in [1.54, 1.807) is 16.8 Å². The van der Waals surface area contributed by atoms with Crippen LogP contribution >= 0.6 is 0 Å². The summed E-state index contributed by atoms with van der Waals surface area (Å²) >= 11 is 0. The van der Waals surface area contributed by atoms with Crippen molar-refractivity contribution in [2.45, 2.75) is 32.2 Å². The minimum absolute atomic E-state index is 0.0567. The van der Waals surface area contributed by atoms with Crippen LogP contribution < -0.4 is 10.3 Å². The molecule has 0 bridgehead atoms. The van der Waals surface area contributed by atoms with Crippen molar-refractivity contribution in [3.63, 3.8) is 0 Å². The lowest BCUT2D eigenvalue weighted by Gasteiger charge is -2.34. The first kappa shape index (κ1) is 30.0. The molecule has 0 amide bonds. The molecule has 1 aliphatic carbocycles. The second-order valence-electron chi connectivity index (χ2n) is 10.8. The first-order chi connectivity index (χ1) is 19.9. The minimum Gasteiger partial charge on any atom is -0.487 e. The molecule has 0 atom stereocenters. The predicted octanol–water partition coefficient (Wildman–Crippen LogP) is 3.95. The van der Waals surface area contributed by atoms with Crippen LogP contribution in [-0.2, 0) is 35.6 Å². The van der Waals surface area contributed by atoms with Gasteiger partial charge >= 0.3 is 6.18 Å². The largest absolute Gasteiger partial charge is 0.487 e. The van der Waals surface area contributed by atoms with Crippen LogP contribution in [0.1, 0.15) is 34.4 Å². The Balaban J connectivity index is 1.17. The first-order valence-electron chi connectivity index (χ1n) is 13.8. The normalized spacial score (nSPS) is 16.6. The highest BCUT2D eigenvalue weighted by molar-refractivity contribution is 7.90. The van der Waals surface area contributed by atoms with Crippen molar-refractivity contribution in [1.29, 1.82) is 0 Å². The summed E-state index contributed by atoms with van der Waals surface area (Å²) in [7, 11) is -2.95. The Morgan fingerprint density at radius 1 is 0.976 bits per heavy atom. The Hall–Kier alpha value is -3.48. The summed E-state index contributed by atoms with van der Waals surface area (Å²) in [6.45, 7) is 4.88. The Labute approximate surface area is 243 Å². The van der Waals surface area contributed by atoms with Crippen molar-refractivity contribution < 1.29 is 26.3 Å². The van der Waals surface area contributed by atoms with Crippen molar-refractivity contribution in [3.8, 4) is 5.75 Å². The van der Waals surface area contributed by atoms with Crippen molar-refractivity contribution >= 4 is 21.6 Å². The average molecular weight is 603 g/mol. The average Bonchev–Trinajstić information content (AvgIpc) is 2.95.